The zero-order valence-electron chi connectivity index (χ0n) is 19.4. The zero-order valence-corrected chi connectivity index (χ0v) is 20.2. The first kappa shape index (κ1) is 26.6. The molecule has 4 N–H and O–H groups in total. The van der Waals surface area contributed by atoms with Crippen LogP contribution in [0.2, 0.25) is 0 Å². The summed E-state index contributed by atoms with van der Waals surface area (Å²) in [5, 5.41) is 0.131. The molecule has 8 nitrogen and oxygen atoms in total. The average molecular weight is 507 g/mol. The van der Waals surface area contributed by atoms with Gasteiger partial charge in [-0.15, -0.1) is 11.6 Å². The number of hydrogen-bond donors (Lipinski definition) is 2. The van der Waals surface area contributed by atoms with Gasteiger partial charge in [0.15, 0.2) is 5.88 Å². The molecule has 1 aliphatic carbocycles. The quantitative estimate of drug-likeness (QED) is 0.328. The first-order valence-electron chi connectivity index (χ1n) is 11.7. The molecule has 0 bridgehead atoms. The number of urea groups is 1. The molecule has 12 heteroatoms. The topological polar surface area (TPSA) is 100 Å². The Hall–Kier alpha value is -1.98. The van der Waals surface area contributed by atoms with Crippen molar-refractivity contribution in [1.29, 1.82) is 0 Å². The van der Waals surface area contributed by atoms with Crippen LogP contribution in [0.25, 0.3) is 0 Å². The van der Waals surface area contributed by atoms with Gasteiger partial charge in [0, 0.05) is 43.2 Å². The van der Waals surface area contributed by atoms with Gasteiger partial charge in [0.05, 0.1) is 18.8 Å². The summed E-state index contributed by atoms with van der Waals surface area (Å²) in [6, 6.07) is 0.0585. The van der Waals surface area contributed by atoms with Crippen molar-refractivity contribution in [2.45, 2.75) is 56.4 Å². The number of alkyl halides is 4. The lowest BCUT2D eigenvalue weighted by Crippen LogP contribution is -2.56. The molecule has 1 unspecified atom stereocenters. The first-order chi connectivity index (χ1) is 16.1. The van der Waals surface area contributed by atoms with E-state index in [0.717, 1.165) is 45.3 Å². The van der Waals surface area contributed by atoms with E-state index in [-0.39, 0.29) is 24.0 Å². The van der Waals surface area contributed by atoms with Crippen molar-refractivity contribution < 1.29 is 22.7 Å². The van der Waals surface area contributed by atoms with Gasteiger partial charge >= 0.3 is 12.2 Å². The predicted molar refractivity (Wildman–Crippen MR) is 125 cm³/mol. The molecular formula is C22H34ClF3N6O2. The van der Waals surface area contributed by atoms with Gasteiger partial charge in [0.25, 0.3) is 0 Å². The molecule has 3 aliphatic rings. The van der Waals surface area contributed by atoms with Crippen molar-refractivity contribution in [3.05, 3.63) is 23.6 Å². The minimum absolute atomic E-state index is 0.00906. The third-order valence-corrected chi connectivity index (χ3v) is 6.99. The van der Waals surface area contributed by atoms with E-state index in [1.807, 2.05) is 9.80 Å². The highest BCUT2D eigenvalue weighted by Crippen LogP contribution is 2.28. The van der Waals surface area contributed by atoms with E-state index in [4.69, 9.17) is 23.1 Å². The highest BCUT2D eigenvalue weighted by molar-refractivity contribution is 6.20. The Kier molecular flexibility index (Phi) is 9.11. The van der Waals surface area contributed by atoms with E-state index in [0.29, 0.717) is 30.9 Å². The van der Waals surface area contributed by atoms with Crippen LogP contribution in [0.3, 0.4) is 0 Å². The molecule has 0 aromatic rings. The molecule has 1 atom stereocenters. The fourth-order valence-electron chi connectivity index (χ4n) is 4.34. The number of likely N-dealkylation sites (N-methyl/N-ethyl adjacent to an activating group) is 1. The average Bonchev–Trinajstić information content (AvgIpc) is 2.82. The Labute approximate surface area is 203 Å². The van der Waals surface area contributed by atoms with E-state index in [9.17, 15) is 18.0 Å². The van der Waals surface area contributed by atoms with Crippen LogP contribution in [0, 0.1) is 0 Å². The Balaban J connectivity index is 1.67. The lowest BCUT2D eigenvalue weighted by atomic mass is 9.93. The standard InChI is InChI=1S/C22H34ClF3N6O2/c1-2-30-9-11-31(12-10-30)21(33)32(18-7-4-16(23)5-8-18)14-17-6-3-15(13-29-17)19(27)34-20(28)22(24,25)26/h3,6,16,18,20H,2,4-5,7-14,27-28H2,1H3. The van der Waals surface area contributed by atoms with Crippen LogP contribution in [0.15, 0.2) is 28.6 Å². The van der Waals surface area contributed by atoms with Crippen molar-refractivity contribution in [1.82, 2.24) is 14.7 Å². The van der Waals surface area contributed by atoms with Crippen molar-refractivity contribution in [3.8, 4) is 0 Å². The highest BCUT2D eigenvalue weighted by atomic mass is 35.5. The van der Waals surface area contributed by atoms with Gasteiger partial charge in [-0.1, -0.05) is 6.92 Å². The molecule has 0 spiro atoms. The zero-order chi connectivity index (χ0) is 24.9. The lowest BCUT2D eigenvalue weighted by Gasteiger charge is -2.41. The minimum atomic E-state index is -4.72. The number of aliphatic imine (C=N–C) groups is 1. The van der Waals surface area contributed by atoms with E-state index >= 15 is 0 Å². The van der Waals surface area contributed by atoms with Crippen LogP contribution in [-0.2, 0) is 4.74 Å². The summed E-state index contributed by atoms with van der Waals surface area (Å²) in [6.07, 6.45) is -0.638. The third-order valence-electron chi connectivity index (χ3n) is 6.56. The summed E-state index contributed by atoms with van der Waals surface area (Å²) in [6.45, 7) is 6.48. The number of hydrogen-bond acceptors (Lipinski definition) is 6. The molecular weight excluding hydrogens is 473 g/mol. The third kappa shape index (κ3) is 7.02. The number of piperazine rings is 1. The maximum absolute atomic E-state index is 13.5. The molecule has 0 radical (unpaired) electrons. The van der Waals surface area contributed by atoms with Gasteiger partial charge in [-0.3, -0.25) is 10.7 Å². The minimum Gasteiger partial charge on any atom is -0.451 e. The molecule has 1 saturated heterocycles. The van der Waals surface area contributed by atoms with E-state index in [2.05, 4.69) is 21.6 Å². The molecule has 2 amide bonds. The smallest absolute Gasteiger partial charge is 0.439 e. The molecule has 1 saturated carbocycles. The van der Waals surface area contributed by atoms with Crippen LogP contribution in [0.4, 0.5) is 18.0 Å². The van der Waals surface area contributed by atoms with Crippen molar-refractivity contribution >= 4 is 23.3 Å². The van der Waals surface area contributed by atoms with Crippen LogP contribution >= 0.6 is 11.6 Å². The van der Waals surface area contributed by atoms with Gasteiger partial charge in [-0.2, -0.15) is 13.2 Å². The van der Waals surface area contributed by atoms with E-state index < -0.39 is 18.3 Å². The number of dihydropyridines is 1. The Bertz CT molecular complexity index is 803. The molecule has 192 valence electrons. The van der Waals surface area contributed by atoms with Crippen LogP contribution in [0.1, 0.15) is 32.6 Å². The number of ether oxygens (including phenoxy) is 1. The Morgan fingerprint density at radius 2 is 1.88 bits per heavy atom. The van der Waals surface area contributed by atoms with Crippen molar-refractivity contribution in [3.63, 3.8) is 0 Å². The van der Waals surface area contributed by atoms with Gasteiger partial charge in [-0.05, 0) is 44.4 Å². The fraction of sp³-hybridized carbons (Fsp3) is 0.727. The molecule has 0 aromatic carbocycles. The number of carbonyl (C=O) groups is 1. The molecule has 2 heterocycles. The number of halogens is 4. The second-order valence-electron chi connectivity index (χ2n) is 8.85. The summed E-state index contributed by atoms with van der Waals surface area (Å²) in [7, 11) is 0. The molecule has 3 rings (SSSR count). The summed E-state index contributed by atoms with van der Waals surface area (Å²) in [4.78, 5) is 24.0. The van der Waals surface area contributed by atoms with Gasteiger partial charge in [0.2, 0.25) is 6.23 Å². The highest BCUT2D eigenvalue weighted by Gasteiger charge is 2.39. The normalized spacial score (nSPS) is 26.6. The Morgan fingerprint density at radius 1 is 1.24 bits per heavy atom. The number of nitrogens with zero attached hydrogens (tertiary/aromatic N) is 4. The lowest BCUT2D eigenvalue weighted by molar-refractivity contribution is -0.208. The SMILES string of the molecule is CCN1CCN(C(=O)N(CC2=NCC(=C(N)OC(N)C(F)(F)F)C=C2)C2CCC(Cl)CC2)CC1. The predicted octanol–water partition coefficient (Wildman–Crippen LogP) is 2.64. The van der Waals surface area contributed by atoms with Gasteiger partial charge < -0.3 is 25.2 Å². The fourth-order valence-corrected chi connectivity index (χ4v) is 4.59. The summed E-state index contributed by atoms with van der Waals surface area (Å²) in [5.74, 6) is -0.411. The molecule has 0 aromatic heterocycles. The monoisotopic (exact) mass is 506 g/mol. The number of carbonyl (C=O) groups excluding carboxylic acids is 1. The second-order valence-corrected chi connectivity index (χ2v) is 9.47. The summed E-state index contributed by atoms with van der Waals surface area (Å²) >= 11 is 6.29. The number of nitrogens with two attached hydrogens (primary N) is 2. The maximum Gasteiger partial charge on any atom is 0.439 e. The molecule has 34 heavy (non-hydrogen) atoms. The summed E-state index contributed by atoms with van der Waals surface area (Å²) < 4.78 is 42.5. The molecule has 2 fully saturated rings. The van der Waals surface area contributed by atoms with Crippen LogP contribution in [-0.4, -0.2) is 96.1 Å². The van der Waals surface area contributed by atoms with Crippen LogP contribution in [0.5, 0.6) is 0 Å². The van der Waals surface area contributed by atoms with Gasteiger partial charge in [0.1, 0.15) is 0 Å². The van der Waals surface area contributed by atoms with E-state index in [1.54, 1.807) is 12.2 Å². The Morgan fingerprint density at radius 3 is 2.41 bits per heavy atom. The second kappa shape index (κ2) is 11.6. The number of amides is 2. The largest absolute Gasteiger partial charge is 0.451 e. The van der Waals surface area contributed by atoms with E-state index in [1.165, 1.54) is 0 Å². The summed E-state index contributed by atoms with van der Waals surface area (Å²) in [5.41, 5.74) is 11.6. The van der Waals surface area contributed by atoms with Gasteiger partial charge in [-0.25, -0.2) is 4.79 Å². The van der Waals surface area contributed by atoms with Crippen LogP contribution < -0.4 is 11.5 Å². The number of rotatable bonds is 6. The first-order valence-corrected chi connectivity index (χ1v) is 12.1. The van der Waals surface area contributed by atoms with Crippen molar-refractivity contribution in [2.75, 3.05) is 45.8 Å². The van der Waals surface area contributed by atoms with Crippen molar-refractivity contribution in [2.24, 2.45) is 16.5 Å². The maximum atomic E-state index is 13.5. The molecule has 2 aliphatic heterocycles.